The van der Waals surface area contributed by atoms with Gasteiger partial charge in [-0.05, 0) is 42.5 Å². The SMILES string of the molecule is CC(=O)Nc1cccc(N/C=C(/C#N)C(=O)Nc2ccc(S(=O)(=O)O)cc2)c1. The highest BCUT2D eigenvalue weighted by atomic mass is 32.2. The van der Waals surface area contributed by atoms with Gasteiger partial charge in [0.1, 0.15) is 11.6 Å². The van der Waals surface area contributed by atoms with Crippen LogP contribution < -0.4 is 16.0 Å². The number of nitriles is 1. The summed E-state index contributed by atoms with van der Waals surface area (Å²) < 4.78 is 31.0. The van der Waals surface area contributed by atoms with Crippen LogP contribution in [0.2, 0.25) is 0 Å². The molecule has 0 radical (unpaired) electrons. The van der Waals surface area contributed by atoms with E-state index in [2.05, 4.69) is 16.0 Å². The minimum atomic E-state index is -4.33. The van der Waals surface area contributed by atoms with Crippen molar-refractivity contribution in [2.75, 3.05) is 16.0 Å². The van der Waals surface area contributed by atoms with E-state index in [1.165, 1.54) is 25.3 Å². The number of hydrogen-bond donors (Lipinski definition) is 4. The summed E-state index contributed by atoms with van der Waals surface area (Å²) in [5.74, 6) is -0.947. The minimum Gasteiger partial charge on any atom is -0.360 e. The first kappa shape index (κ1) is 20.6. The third-order valence-corrected chi connectivity index (χ3v) is 4.21. The Morgan fingerprint density at radius 1 is 1.04 bits per heavy atom. The van der Waals surface area contributed by atoms with Gasteiger partial charge in [0.2, 0.25) is 5.91 Å². The van der Waals surface area contributed by atoms with Gasteiger partial charge in [-0.2, -0.15) is 13.7 Å². The van der Waals surface area contributed by atoms with Gasteiger partial charge >= 0.3 is 0 Å². The molecule has 0 spiro atoms. The second kappa shape index (κ2) is 8.81. The minimum absolute atomic E-state index is 0.232. The fourth-order valence-electron chi connectivity index (χ4n) is 2.10. The van der Waals surface area contributed by atoms with E-state index >= 15 is 0 Å². The van der Waals surface area contributed by atoms with Crippen LogP contribution in [0.25, 0.3) is 0 Å². The lowest BCUT2D eigenvalue weighted by atomic mass is 10.2. The molecule has 144 valence electrons. The van der Waals surface area contributed by atoms with Crippen LogP contribution in [0.3, 0.4) is 0 Å². The normalized spacial score (nSPS) is 11.2. The van der Waals surface area contributed by atoms with Crippen LogP contribution in [0.15, 0.2) is 65.2 Å². The van der Waals surface area contributed by atoms with Crippen LogP contribution >= 0.6 is 0 Å². The van der Waals surface area contributed by atoms with Crippen molar-refractivity contribution in [1.82, 2.24) is 0 Å². The van der Waals surface area contributed by atoms with Gasteiger partial charge in [-0.3, -0.25) is 14.1 Å². The highest BCUT2D eigenvalue weighted by molar-refractivity contribution is 7.85. The third kappa shape index (κ3) is 5.94. The van der Waals surface area contributed by atoms with Crippen molar-refractivity contribution in [3.63, 3.8) is 0 Å². The number of anilines is 3. The van der Waals surface area contributed by atoms with E-state index in [-0.39, 0.29) is 22.1 Å². The molecule has 0 aliphatic heterocycles. The Kier molecular flexibility index (Phi) is 6.49. The van der Waals surface area contributed by atoms with E-state index in [4.69, 9.17) is 4.55 Å². The van der Waals surface area contributed by atoms with Crippen LogP contribution in [0, 0.1) is 11.3 Å². The van der Waals surface area contributed by atoms with E-state index in [0.717, 1.165) is 12.1 Å². The van der Waals surface area contributed by atoms with Crippen molar-refractivity contribution in [2.45, 2.75) is 11.8 Å². The Bertz CT molecular complexity index is 1070. The average Bonchev–Trinajstić information content (AvgIpc) is 2.61. The molecule has 0 saturated carbocycles. The highest BCUT2D eigenvalue weighted by Crippen LogP contribution is 2.17. The second-order valence-corrected chi connectivity index (χ2v) is 6.95. The lowest BCUT2D eigenvalue weighted by Crippen LogP contribution is -2.14. The number of carbonyl (C=O) groups excluding carboxylic acids is 2. The second-order valence-electron chi connectivity index (χ2n) is 5.53. The summed E-state index contributed by atoms with van der Waals surface area (Å²) in [6.07, 6.45) is 1.20. The number of amides is 2. The number of carbonyl (C=O) groups is 2. The molecule has 2 amide bonds. The molecule has 0 atom stereocenters. The number of benzene rings is 2. The maximum absolute atomic E-state index is 12.2. The van der Waals surface area contributed by atoms with Gasteiger partial charge in [0.15, 0.2) is 0 Å². The van der Waals surface area contributed by atoms with Crippen LogP contribution in [-0.2, 0) is 19.7 Å². The maximum atomic E-state index is 12.2. The molecule has 4 N–H and O–H groups in total. The summed E-state index contributed by atoms with van der Waals surface area (Å²) in [6.45, 7) is 1.38. The third-order valence-electron chi connectivity index (χ3n) is 3.34. The molecular formula is C18H16N4O5S. The number of nitrogens with one attached hydrogen (secondary N) is 3. The van der Waals surface area contributed by atoms with Gasteiger partial charge in [0.25, 0.3) is 16.0 Å². The lowest BCUT2D eigenvalue weighted by molar-refractivity contribution is -0.114. The molecule has 0 bridgehead atoms. The largest absolute Gasteiger partial charge is 0.360 e. The summed E-state index contributed by atoms with van der Waals surface area (Å²) in [6, 6.07) is 13.2. The average molecular weight is 400 g/mol. The summed E-state index contributed by atoms with van der Waals surface area (Å²) in [5.41, 5.74) is 1.10. The molecule has 0 unspecified atom stereocenters. The Morgan fingerprint density at radius 3 is 2.25 bits per heavy atom. The zero-order chi connectivity index (χ0) is 20.7. The van der Waals surface area contributed by atoms with Crippen LogP contribution in [0.1, 0.15) is 6.92 Å². The van der Waals surface area contributed by atoms with Crippen molar-refractivity contribution >= 4 is 39.0 Å². The van der Waals surface area contributed by atoms with Crippen molar-refractivity contribution < 1.29 is 22.6 Å². The van der Waals surface area contributed by atoms with Gasteiger partial charge in [0, 0.05) is 30.2 Å². The van der Waals surface area contributed by atoms with Gasteiger partial charge in [-0.25, -0.2) is 0 Å². The first-order valence-electron chi connectivity index (χ1n) is 7.82. The zero-order valence-corrected chi connectivity index (χ0v) is 15.4. The molecule has 2 aromatic carbocycles. The Hall–Kier alpha value is -3.68. The topological polar surface area (TPSA) is 148 Å². The van der Waals surface area contributed by atoms with Crippen LogP contribution in [-0.4, -0.2) is 24.8 Å². The van der Waals surface area contributed by atoms with Crippen molar-refractivity contribution in [2.24, 2.45) is 0 Å². The summed E-state index contributed by atoms with van der Waals surface area (Å²) in [5, 5.41) is 17.0. The standard InChI is InChI=1S/C18H16N4O5S/c1-12(23)21-16-4-2-3-15(9-16)20-11-13(10-19)18(24)22-14-5-7-17(8-6-14)28(25,26)27/h2-9,11,20H,1H3,(H,21,23)(H,22,24)(H,25,26,27)/b13-11-. The lowest BCUT2D eigenvalue weighted by Gasteiger charge is -2.07. The molecule has 2 aromatic rings. The number of rotatable bonds is 6. The summed E-state index contributed by atoms with van der Waals surface area (Å²) >= 11 is 0. The summed E-state index contributed by atoms with van der Waals surface area (Å²) in [7, 11) is -4.33. The Balaban J connectivity index is 2.09. The fraction of sp³-hybridized carbons (Fsp3) is 0.0556. The molecule has 2 rings (SSSR count). The monoisotopic (exact) mass is 400 g/mol. The number of nitrogens with zero attached hydrogens (tertiary/aromatic N) is 1. The molecule has 10 heteroatoms. The smallest absolute Gasteiger partial charge is 0.294 e. The maximum Gasteiger partial charge on any atom is 0.294 e. The van der Waals surface area contributed by atoms with E-state index < -0.39 is 16.0 Å². The van der Waals surface area contributed by atoms with E-state index in [1.54, 1.807) is 30.3 Å². The van der Waals surface area contributed by atoms with Gasteiger partial charge < -0.3 is 16.0 Å². The quantitative estimate of drug-likeness (QED) is 0.330. The van der Waals surface area contributed by atoms with E-state index in [0.29, 0.717) is 11.4 Å². The highest BCUT2D eigenvalue weighted by Gasteiger charge is 2.12. The van der Waals surface area contributed by atoms with Gasteiger partial charge in [0.05, 0.1) is 4.90 Å². The molecule has 0 saturated heterocycles. The first-order valence-corrected chi connectivity index (χ1v) is 9.26. The predicted octanol–water partition coefficient (Wildman–Crippen LogP) is 2.35. The molecule has 0 fully saturated rings. The van der Waals surface area contributed by atoms with Crippen LogP contribution in [0.4, 0.5) is 17.1 Å². The van der Waals surface area contributed by atoms with E-state index in [9.17, 15) is 23.3 Å². The van der Waals surface area contributed by atoms with Crippen molar-refractivity contribution in [3.8, 4) is 6.07 Å². The Morgan fingerprint density at radius 2 is 1.68 bits per heavy atom. The Labute approximate surface area is 161 Å². The fourth-order valence-corrected chi connectivity index (χ4v) is 2.58. The summed E-state index contributed by atoms with van der Waals surface area (Å²) in [4.78, 5) is 23.0. The van der Waals surface area contributed by atoms with Crippen molar-refractivity contribution in [3.05, 3.63) is 60.3 Å². The number of hydrogen-bond acceptors (Lipinski definition) is 6. The van der Waals surface area contributed by atoms with Gasteiger partial charge in [-0.1, -0.05) is 6.07 Å². The molecule has 0 heterocycles. The van der Waals surface area contributed by atoms with Crippen molar-refractivity contribution in [1.29, 1.82) is 5.26 Å². The predicted molar refractivity (Wildman–Crippen MR) is 103 cm³/mol. The molecular weight excluding hydrogens is 384 g/mol. The first-order chi connectivity index (χ1) is 13.2. The molecule has 9 nitrogen and oxygen atoms in total. The van der Waals surface area contributed by atoms with Crippen LogP contribution in [0.5, 0.6) is 0 Å². The molecule has 0 aliphatic rings. The molecule has 28 heavy (non-hydrogen) atoms. The van der Waals surface area contributed by atoms with E-state index in [1.807, 2.05) is 0 Å². The zero-order valence-electron chi connectivity index (χ0n) is 14.6. The molecule has 0 aliphatic carbocycles. The van der Waals surface area contributed by atoms with Gasteiger partial charge in [-0.15, -0.1) is 0 Å². The molecule has 0 aromatic heterocycles.